The van der Waals surface area contributed by atoms with Gasteiger partial charge in [0.1, 0.15) is 11.8 Å². The molecule has 0 aliphatic rings. The van der Waals surface area contributed by atoms with Gasteiger partial charge in [-0.25, -0.2) is 4.45 Å². The second-order valence-electron chi connectivity index (χ2n) is 6.70. The summed E-state index contributed by atoms with van der Waals surface area (Å²) in [6.07, 6.45) is 2.08. The van der Waals surface area contributed by atoms with Gasteiger partial charge in [0, 0.05) is 17.8 Å². The highest BCUT2D eigenvalue weighted by molar-refractivity contribution is 14.2. The monoisotopic (exact) mass is 569 g/mol. The number of aromatic nitrogens is 4. The zero-order chi connectivity index (χ0) is 22.5. The van der Waals surface area contributed by atoms with Crippen LogP contribution in [0.5, 0.6) is 0 Å². The van der Waals surface area contributed by atoms with Crippen molar-refractivity contribution in [2.75, 3.05) is 0 Å². The van der Waals surface area contributed by atoms with E-state index in [2.05, 4.69) is 42.7 Å². The maximum absolute atomic E-state index is 12.6. The lowest BCUT2D eigenvalue weighted by atomic mass is 10.1. The van der Waals surface area contributed by atoms with Gasteiger partial charge in [-0.15, -0.1) is 0 Å². The molecule has 2 heterocycles. The minimum atomic E-state index is -0.320. The van der Waals surface area contributed by atoms with E-state index in [0.29, 0.717) is 28.5 Å². The highest BCUT2D eigenvalue weighted by Gasteiger charge is 2.18. The quantitative estimate of drug-likeness (QED) is 0.146. The Balaban J connectivity index is 1.67. The second-order valence-corrected chi connectivity index (χ2v) is 9.15. The molecular formula is C19H18ClIN7O2P. The van der Waals surface area contributed by atoms with Gasteiger partial charge in [-0.2, -0.15) is 15.5 Å². The highest BCUT2D eigenvalue weighted by Crippen LogP contribution is 2.26. The number of oxime groups is 1. The van der Waals surface area contributed by atoms with Crippen LogP contribution in [0.2, 0.25) is 5.02 Å². The van der Waals surface area contributed by atoms with Crippen LogP contribution in [-0.4, -0.2) is 42.2 Å². The summed E-state index contributed by atoms with van der Waals surface area (Å²) in [6, 6.07) is 10.4. The number of hydrogen-bond acceptors (Lipinski definition) is 6. The summed E-state index contributed by atoms with van der Waals surface area (Å²) in [5.74, 6) is -0.320. The van der Waals surface area contributed by atoms with Gasteiger partial charge in [0.15, 0.2) is 5.69 Å². The van der Waals surface area contributed by atoms with E-state index in [9.17, 15) is 4.79 Å². The van der Waals surface area contributed by atoms with Crippen molar-refractivity contribution in [2.24, 2.45) is 5.16 Å². The Bertz CT molecular complexity index is 1180. The number of carbonyl (C=O) groups is 1. The van der Waals surface area contributed by atoms with Crippen LogP contribution in [0.1, 0.15) is 35.6 Å². The molecule has 0 fully saturated rings. The first-order chi connectivity index (χ1) is 14.9. The van der Waals surface area contributed by atoms with Crippen LogP contribution in [0.3, 0.4) is 0 Å². The summed E-state index contributed by atoms with van der Waals surface area (Å²) in [5.41, 5.74) is 3.16. The lowest BCUT2D eigenvalue weighted by Gasteiger charge is -2.13. The molecule has 2 aromatic heterocycles. The molecule has 2 N–H and O–H groups in total. The molecule has 3 aromatic rings. The first kappa shape index (κ1) is 23.2. The minimum Gasteiger partial charge on any atom is -0.411 e. The number of nitrogens with one attached hydrogen (secondary N) is 1. The Morgan fingerprint density at radius 1 is 1.42 bits per heavy atom. The molecule has 0 saturated heterocycles. The average Bonchev–Trinajstić information content (AvgIpc) is 3.40. The van der Waals surface area contributed by atoms with Crippen LogP contribution < -0.4 is 5.32 Å². The molecule has 0 spiro atoms. The Hall–Kier alpha value is -2.48. The molecule has 12 heteroatoms. The largest absolute Gasteiger partial charge is 0.411 e. The number of halogens is 2. The number of nitriles is 1. The van der Waals surface area contributed by atoms with Crippen molar-refractivity contribution in [1.82, 2.24) is 24.6 Å². The molecule has 9 nitrogen and oxygen atoms in total. The lowest BCUT2D eigenvalue weighted by molar-refractivity contribution is 0.0930. The SMILES string of the molecule is C/C(=N/O)c1cc(C(=O)N[C@@H](C)Cn2ccc(-c3ccc(C#N)c(Cl)c3)n2)nn1PI. The third-order valence-corrected chi connectivity index (χ3v) is 6.59. The number of rotatable bonds is 7. The van der Waals surface area contributed by atoms with E-state index in [0.717, 1.165) is 11.3 Å². The van der Waals surface area contributed by atoms with Crippen LogP contribution in [0, 0.1) is 11.3 Å². The summed E-state index contributed by atoms with van der Waals surface area (Å²) < 4.78 is 3.35. The highest BCUT2D eigenvalue weighted by atomic mass is 127. The summed E-state index contributed by atoms with van der Waals surface area (Å²) in [6.45, 7) is 3.97. The fourth-order valence-electron chi connectivity index (χ4n) is 2.87. The van der Waals surface area contributed by atoms with Crippen molar-refractivity contribution >= 4 is 51.6 Å². The summed E-state index contributed by atoms with van der Waals surface area (Å²) >= 11 is 8.25. The normalized spacial score (nSPS) is 12.8. The van der Waals surface area contributed by atoms with Gasteiger partial charge in [0.25, 0.3) is 5.91 Å². The Labute approximate surface area is 198 Å². The van der Waals surface area contributed by atoms with Crippen molar-refractivity contribution in [1.29, 1.82) is 5.26 Å². The fourth-order valence-corrected chi connectivity index (χ4v) is 4.66. The molecule has 3 rings (SSSR count). The molecule has 160 valence electrons. The zero-order valence-corrected chi connectivity index (χ0v) is 20.5. The number of benzene rings is 1. The maximum Gasteiger partial charge on any atom is 0.272 e. The van der Waals surface area contributed by atoms with Gasteiger partial charge in [-0.05, 0) is 60.2 Å². The number of nitrogens with zero attached hydrogens (tertiary/aromatic N) is 6. The van der Waals surface area contributed by atoms with Gasteiger partial charge in [0.2, 0.25) is 0 Å². The molecule has 0 radical (unpaired) electrons. The van der Waals surface area contributed by atoms with Gasteiger partial charge in [-0.1, -0.05) is 22.8 Å². The van der Waals surface area contributed by atoms with Crippen LogP contribution >= 0.6 is 40.0 Å². The van der Waals surface area contributed by atoms with Gasteiger partial charge in [0.05, 0.1) is 34.9 Å². The number of carbonyl (C=O) groups excluding carboxylic acids is 1. The van der Waals surface area contributed by atoms with E-state index in [-0.39, 0.29) is 24.0 Å². The summed E-state index contributed by atoms with van der Waals surface area (Å²) in [7, 11) is 0. The fraction of sp³-hybridized carbons (Fsp3) is 0.211. The molecular weight excluding hydrogens is 552 g/mol. The average molecular weight is 570 g/mol. The van der Waals surface area contributed by atoms with Crippen molar-refractivity contribution < 1.29 is 10.0 Å². The van der Waals surface area contributed by atoms with Crippen molar-refractivity contribution in [3.05, 3.63) is 58.5 Å². The maximum atomic E-state index is 12.6. The molecule has 1 amide bonds. The molecule has 0 bridgehead atoms. The molecule has 2 atom stereocenters. The molecule has 31 heavy (non-hydrogen) atoms. The lowest BCUT2D eigenvalue weighted by Crippen LogP contribution is -2.36. The Morgan fingerprint density at radius 3 is 2.84 bits per heavy atom. The van der Waals surface area contributed by atoms with Crippen LogP contribution in [0.25, 0.3) is 11.3 Å². The Morgan fingerprint density at radius 2 is 2.19 bits per heavy atom. The number of hydrogen-bond donors (Lipinski definition) is 2. The van der Waals surface area contributed by atoms with Crippen molar-refractivity contribution in [2.45, 2.75) is 26.4 Å². The molecule has 1 unspecified atom stereocenters. The molecule has 1 aromatic carbocycles. The van der Waals surface area contributed by atoms with E-state index in [1.165, 1.54) is 0 Å². The van der Waals surface area contributed by atoms with E-state index in [1.54, 1.807) is 40.3 Å². The molecule has 0 aliphatic heterocycles. The van der Waals surface area contributed by atoms with E-state index < -0.39 is 0 Å². The summed E-state index contributed by atoms with van der Waals surface area (Å²) in [4.78, 5) is 12.6. The third-order valence-electron chi connectivity index (χ3n) is 4.41. The summed E-state index contributed by atoms with van der Waals surface area (Å²) in [5, 5.41) is 33.3. The first-order valence-electron chi connectivity index (χ1n) is 9.06. The van der Waals surface area contributed by atoms with Crippen molar-refractivity contribution in [3.8, 4) is 17.3 Å². The van der Waals surface area contributed by atoms with E-state index in [1.807, 2.05) is 25.3 Å². The predicted molar refractivity (Wildman–Crippen MR) is 128 cm³/mol. The van der Waals surface area contributed by atoms with Gasteiger partial charge >= 0.3 is 0 Å². The van der Waals surface area contributed by atoms with Crippen LogP contribution in [-0.2, 0) is 6.54 Å². The third kappa shape index (κ3) is 5.42. The van der Waals surface area contributed by atoms with Crippen LogP contribution in [0.4, 0.5) is 0 Å². The smallest absolute Gasteiger partial charge is 0.272 e. The first-order valence-corrected chi connectivity index (χ1v) is 13.5. The van der Waals surface area contributed by atoms with Crippen LogP contribution in [0.15, 0.2) is 41.7 Å². The minimum absolute atomic E-state index is 0.215. The predicted octanol–water partition coefficient (Wildman–Crippen LogP) is 4.08. The van der Waals surface area contributed by atoms with Crippen molar-refractivity contribution in [3.63, 3.8) is 0 Å². The number of amides is 1. The molecule has 0 saturated carbocycles. The van der Waals surface area contributed by atoms with Gasteiger partial charge in [-0.3, -0.25) is 9.48 Å². The second kappa shape index (κ2) is 10.2. The Kier molecular flexibility index (Phi) is 7.64. The standard InChI is InChI=1S/C19H18ClIN7O2P/c1-11(23-19(29)17-8-18(12(2)26-30)28(25-17)31-21)10-27-6-5-16(24-27)13-3-4-14(9-22)15(20)7-13/h3-8,11,30-31H,10H2,1-2H3,(H,23,29)/b26-12-/t11-/m0/s1. The zero-order valence-electron chi connectivity index (χ0n) is 16.5. The van der Waals surface area contributed by atoms with E-state index in [4.69, 9.17) is 22.1 Å². The molecule has 0 aliphatic carbocycles. The van der Waals surface area contributed by atoms with E-state index >= 15 is 0 Å². The van der Waals surface area contributed by atoms with Gasteiger partial charge < -0.3 is 10.5 Å². The topological polar surface area (TPSA) is 121 Å².